The number of rotatable bonds is 42. The topological polar surface area (TPSA) is 568 Å². The maximum absolute atomic E-state index is 14.2. The van der Waals surface area contributed by atoms with Crippen molar-refractivity contribution in [1.29, 1.82) is 0 Å². The molecule has 0 aromatic heterocycles. The maximum atomic E-state index is 14.2. The van der Waals surface area contributed by atoms with Crippen LogP contribution in [0.3, 0.4) is 0 Å². The molecule has 0 saturated carbocycles. The minimum atomic E-state index is -1.91. The van der Waals surface area contributed by atoms with Crippen LogP contribution in [0, 0.1) is 0 Å². The van der Waals surface area contributed by atoms with E-state index in [-0.39, 0.29) is 61.0 Å². The highest BCUT2D eigenvalue weighted by atomic mass is 33.1. The lowest BCUT2D eigenvalue weighted by Gasteiger charge is -2.30. The largest absolute Gasteiger partial charge is 0.508 e. The lowest BCUT2D eigenvalue weighted by atomic mass is 10.0. The van der Waals surface area contributed by atoms with Gasteiger partial charge in [-0.15, -0.1) is 70.0 Å². The fraction of sp³-hybridized carbons (Fsp3) is 0.525. The van der Waals surface area contributed by atoms with E-state index in [1.54, 1.807) is 0 Å². The summed E-state index contributed by atoms with van der Waals surface area (Å²) in [5.41, 5.74) is 6.48. The number of aliphatic carboxylic acids is 3. The van der Waals surface area contributed by atoms with Gasteiger partial charge in [0, 0.05) is 60.3 Å². The van der Waals surface area contributed by atoms with E-state index in [9.17, 15) is 107 Å². The van der Waals surface area contributed by atoms with Gasteiger partial charge >= 0.3 is 17.9 Å². The molecule has 2 aromatic rings. The Balaban J connectivity index is 0.0000182. The third kappa shape index (κ3) is 36.4. The van der Waals surface area contributed by atoms with Crippen LogP contribution in [0.2, 0.25) is 0 Å². The summed E-state index contributed by atoms with van der Waals surface area (Å²) in [6.07, 6.45) is -4.33. The summed E-state index contributed by atoms with van der Waals surface area (Å²) >= 11 is 43.9. The van der Waals surface area contributed by atoms with Crippen molar-refractivity contribution in [2.45, 2.75) is 143 Å². The minimum Gasteiger partial charge on any atom is -0.508 e. The van der Waals surface area contributed by atoms with Crippen LogP contribution < -0.4 is 69.5 Å². The van der Waals surface area contributed by atoms with Crippen LogP contribution in [0.15, 0.2) is 48.5 Å². The van der Waals surface area contributed by atoms with Gasteiger partial charge in [0.2, 0.25) is 76.8 Å². The van der Waals surface area contributed by atoms with E-state index in [4.69, 9.17) is 5.73 Å². The molecule has 1 aliphatic heterocycles. The zero-order chi connectivity index (χ0) is 82.0. The van der Waals surface area contributed by atoms with Crippen molar-refractivity contribution in [3.05, 3.63) is 59.7 Å². The molecule has 1 heterocycles. The molecule has 0 spiro atoms. The second-order valence-electron chi connectivity index (χ2n) is 22.8. The third-order valence-corrected chi connectivity index (χ3v) is 17.2. The Labute approximate surface area is 679 Å². The van der Waals surface area contributed by atoms with E-state index < -0.39 is 222 Å². The molecule has 0 aliphatic carbocycles. The summed E-state index contributed by atoms with van der Waals surface area (Å²) in [5, 5.41) is 86.8. The number of aliphatic hydroxyl groups is 1. The number of likely N-dealkylation sites (tertiary alicyclic amines) is 1. The molecule has 107 heavy (non-hydrogen) atoms. The van der Waals surface area contributed by atoms with Crippen LogP contribution in [0.25, 0.3) is 0 Å². The molecule has 2 aromatic carbocycles. The Morgan fingerprint density at radius 3 is 1.25 bits per heavy atom. The molecule has 1 saturated heterocycles. The Morgan fingerprint density at radius 2 is 0.832 bits per heavy atom. The van der Waals surface area contributed by atoms with Gasteiger partial charge in [0.05, 0.1) is 25.1 Å². The Bertz CT molecular complexity index is 3310. The second kappa shape index (κ2) is 54.3. The highest BCUT2D eigenvalue weighted by molar-refractivity contribution is 8.60. The summed E-state index contributed by atoms with van der Waals surface area (Å²) in [7, 11) is 0. The molecule has 3 rings (SSSR count). The molecule has 48 heteroatoms. The Morgan fingerprint density at radius 1 is 0.458 bits per heavy atom. The summed E-state index contributed by atoms with van der Waals surface area (Å²) in [4.78, 5) is 212. The fourth-order valence-corrected chi connectivity index (χ4v) is 10.8. The first-order valence-corrected chi connectivity index (χ1v) is 40.0. The number of amides is 13. The molecule has 36 nitrogen and oxygen atoms in total. The van der Waals surface area contributed by atoms with E-state index in [0.717, 1.165) is 11.8 Å². The molecule has 0 bridgehead atoms. The van der Waals surface area contributed by atoms with Gasteiger partial charge in [0.1, 0.15) is 84.0 Å². The van der Waals surface area contributed by atoms with Crippen molar-refractivity contribution >= 4 is 240 Å². The monoisotopic (exact) mass is 1730 g/mol. The SMILES string of the molecule is C[C@H](NC(=O)[C@@H]1CCCN1C(=O)C(CC(=O)O)NC(=O)C(CS)NC(=O)[C@H](CS)NC(=O)C(Cc1ccc(O)cc1)NC(=O)[C@H](CCC(=O)O)NC(=O)C(CS)NC(=O)[C@@H](N)CS)C(=O)N[C@@H](CS)C(=O)N[C@H](C(=O)NCC(=O)N[C@@H](CS)C(=O)N[C@@H](Cc1ccc(O)cc1)C(=O)O)[C@@H](C)O.SS.SS.SS. The number of benzene rings is 2. The molecular weight excluding hydrogens is 1640 g/mol. The van der Waals surface area contributed by atoms with E-state index >= 15 is 0 Å². The second-order valence-corrected chi connectivity index (χ2v) is 25.0. The van der Waals surface area contributed by atoms with Crippen LogP contribution >= 0.6 is 146 Å². The number of aliphatic hydroxyl groups excluding tert-OH is 1. The van der Waals surface area contributed by atoms with Crippen LogP contribution in [-0.2, 0) is 89.6 Å². The lowest BCUT2D eigenvalue weighted by molar-refractivity contribution is -0.146. The smallest absolute Gasteiger partial charge is 0.326 e. The van der Waals surface area contributed by atoms with Crippen molar-refractivity contribution in [2.24, 2.45) is 5.73 Å². The number of nitrogens with zero attached hydrogens (tertiary/aromatic N) is 1. The number of carbonyl (C=O) groups is 16. The molecule has 1 aliphatic rings. The van der Waals surface area contributed by atoms with Crippen LogP contribution in [0.1, 0.15) is 57.1 Å². The van der Waals surface area contributed by atoms with Crippen molar-refractivity contribution in [2.75, 3.05) is 47.6 Å². The Hall–Kier alpha value is -6.32. The van der Waals surface area contributed by atoms with Gasteiger partial charge in [-0.3, -0.25) is 71.9 Å². The minimum absolute atomic E-state index is 0.0362. The molecular formula is C59H90N14O22S12. The van der Waals surface area contributed by atoms with Gasteiger partial charge in [-0.25, -0.2) is 4.79 Å². The van der Waals surface area contributed by atoms with E-state index in [1.165, 1.54) is 55.5 Å². The van der Waals surface area contributed by atoms with Gasteiger partial charge in [0.15, 0.2) is 0 Å². The molecule has 1 fully saturated rings. The van der Waals surface area contributed by atoms with E-state index in [1.807, 2.05) is 0 Å². The van der Waals surface area contributed by atoms with Gasteiger partial charge in [-0.2, -0.15) is 75.8 Å². The van der Waals surface area contributed by atoms with Gasteiger partial charge in [0.25, 0.3) is 0 Å². The van der Waals surface area contributed by atoms with Gasteiger partial charge in [-0.1, -0.05) is 24.3 Å². The summed E-state index contributed by atoms with van der Waals surface area (Å²) in [5.74, 6) is -20.2. The maximum Gasteiger partial charge on any atom is 0.326 e. The number of carbonyl (C=O) groups excluding carboxylic acids is 13. The average molecular weight is 1730 g/mol. The quantitative estimate of drug-likeness (QED) is 0.0219. The molecule has 600 valence electrons. The summed E-state index contributed by atoms with van der Waals surface area (Å²) in [6, 6.07) is -9.24. The molecule has 0 radical (unpaired) electrons. The number of hydrogen-bond acceptors (Lipinski definition) is 32. The summed E-state index contributed by atoms with van der Waals surface area (Å²) < 4.78 is 0. The van der Waals surface area contributed by atoms with Crippen LogP contribution in [0.5, 0.6) is 11.5 Å². The first-order chi connectivity index (χ1) is 50.6. The van der Waals surface area contributed by atoms with Crippen molar-refractivity contribution in [1.82, 2.24) is 68.7 Å². The number of phenolic OH excluding ortho intramolecular Hbond substituents is 2. The molecule has 4 unspecified atom stereocenters. The highest BCUT2D eigenvalue weighted by Gasteiger charge is 2.41. The number of aromatic hydroxyl groups is 2. The highest BCUT2D eigenvalue weighted by Crippen LogP contribution is 2.21. The van der Waals surface area contributed by atoms with Crippen molar-refractivity contribution in [3.63, 3.8) is 0 Å². The van der Waals surface area contributed by atoms with E-state index in [2.05, 4.69) is 210 Å². The lowest BCUT2D eigenvalue weighted by Crippen LogP contribution is -2.61. The van der Waals surface area contributed by atoms with Gasteiger partial charge < -0.3 is 105 Å². The first-order valence-electron chi connectivity index (χ1n) is 31.4. The number of phenols is 2. The number of thiol groups is 12. The third-order valence-electron chi connectivity index (χ3n) is 15.0. The Kier molecular flexibility index (Phi) is 51.1. The average Bonchev–Trinajstić information content (AvgIpc) is 1.74. The first kappa shape index (κ1) is 101. The zero-order valence-corrected chi connectivity index (χ0v) is 67.6. The number of nitrogens with one attached hydrogen (secondary N) is 12. The standard InChI is InChI=1S/C59H84N14O22S6.3H2S2/c1-26(47(82)68-41(25-101)55(90)72-46(27(2)74)57(92)61-19-43(77)63-37(21-97)51(86)67-36(59(94)95)17-29-7-11-31(76)12-8-29)62-56(91)42-4-3-15-73(42)58(93)35(18-45(80)81)66-53(88)39(23-99)71-54(89)40(24-100)70-50(85)34(16-28-5-9-30(75)10-6-28)65-49(84)33(13-14-44(78)79)64-52(87)38(22-98)69-48(83)32(60)20-96;3*1-2/h5-12,26-27,32-42,46,74-76,96-101H,3-4,13-25,60H2,1-2H3,(H,61,92)(H,62,91)(H,63,77)(H,64,87)(H,65,84)(H,66,88)(H,67,86)(H,68,82)(H,69,83)(H,70,85)(H,71,89)(H,72,90)(H,78,79)(H,80,81)(H,94,95);3*1-2H/t26-,27+,32-,33-,34?,35?,36-,37-,38?,39?,40-,41-,42-,46-;;;/m0.../s1. The summed E-state index contributed by atoms with van der Waals surface area (Å²) in [6.45, 7) is 1.31. The number of carboxylic acids is 3. The molecule has 13 amide bonds. The predicted molar refractivity (Wildman–Crippen MR) is 432 cm³/mol. The normalized spacial score (nSPS) is 15.6. The van der Waals surface area contributed by atoms with Crippen LogP contribution in [0.4, 0.5) is 0 Å². The van der Waals surface area contributed by atoms with Crippen LogP contribution in [-0.4, -0.2) is 262 Å². The molecule has 14 atom stereocenters. The number of hydrogen-bond donors (Lipinski definition) is 31. The predicted octanol–water partition coefficient (Wildman–Crippen LogP) is -4.66. The van der Waals surface area contributed by atoms with Gasteiger partial charge in [-0.05, 0) is 68.5 Å². The zero-order valence-electron chi connectivity index (χ0n) is 56.9. The number of nitrogens with two attached hydrogens (primary N) is 1. The van der Waals surface area contributed by atoms with Crippen molar-refractivity contribution < 1.29 is 107 Å². The number of carboxylic acid groups (broad SMARTS) is 3. The van der Waals surface area contributed by atoms with E-state index in [0.29, 0.717) is 11.1 Å². The fourth-order valence-electron chi connectivity index (χ4n) is 9.38. The van der Waals surface area contributed by atoms with Crippen molar-refractivity contribution in [3.8, 4) is 11.5 Å². The molecule has 20 N–H and O–H groups in total.